The molecule has 0 spiro atoms. The van der Waals surface area contributed by atoms with Gasteiger partial charge in [0, 0.05) is 6.54 Å². The highest BCUT2D eigenvalue weighted by molar-refractivity contribution is 5.99. The fourth-order valence-electron chi connectivity index (χ4n) is 4.88. The number of rotatable bonds is 10. The number of ether oxygens (including phenoxy) is 3. The van der Waals surface area contributed by atoms with E-state index in [9.17, 15) is 9.59 Å². The van der Waals surface area contributed by atoms with Crippen LogP contribution in [0.1, 0.15) is 53.6 Å². The SMILES string of the molecule is CCCOc1ccc(C2c3c(oc4ccccc4c3=O)C(=O)N2CCc2ccc(OC)cc2)cc1OCC. The van der Waals surface area contributed by atoms with Crippen LogP contribution in [-0.4, -0.2) is 37.7 Å². The Morgan fingerprint density at radius 1 is 0.921 bits per heavy atom. The van der Waals surface area contributed by atoms with Gasteiger partial charge < -0.3 is 23.5 Å². The molecule has 0 saturated heterocycles. The lowest BCUT2D eigenvalue weighted by Gasteiger charge is -2.26. The first-order valence-corrected chi connectivity index (χ1v) is 12.9. The number of nitrogens with zero attached hydrogens (tertiary/aromatic N) is 1. The van der Waals surface area contributed by atoms with Crippen molar-refractivity contribution >= 4 is 16.9 Å². The summed E-state index contributed by atoms with van der Waals surface area (Å²) in [6.45, 7) is 5.37. The zero-order chi connectivity index (χ0) is 26.6. The van der Waals surface area contributed by atoms with E-state index in [1.165, 1.54) is 0 Å². The van der Waals surface area contributed by atoms with Gasteiger partial charge in [-0.2, -0.15) is 0 Å². The van der Waals surface area contributed by atoms with E-state index < -0.39 is 6.04 Å². The molecule has 38 heavy (non-hydrogen) atoms. The van der Waals surface area contributed by atoms with Crippen LogP contribution in [0.3, 0.4) is 0 Å². The van der Waals surface area contributed by atoms with Gasteiger partial charge in [0.05, 0.1) is 37.3 Å². The Morgan fingerprint density at radius 3 is 2.45 bits per heavy atom. The monoisotopic (exact) mass is 513 g/mol. The van der Waals surface area contributed by atoms with E-state index >= 15 is 0 Å². The van der Waals surface area contributed by atoms with Crippen LogP contribution in [0.2, 0.25) is 0 Å². The van der Waals surface area contributed by atoms with Crippen molar-refractivity contribution in [3.63, 3.8) is 0 Å². The van der Waals surface area contributed by atoms with Gasteiger partial charge in [-0.25, -0.2) is 0 Å². The van der Waals surface area contributed by atoms with Crippen LogP contribution in [0.4, 0.5) is 0 Å². The van der Waals surface area contributed by atoms with Crippen molar-refractivity contribution in [1.82, 2.24) is 4.90 Å². The van der Waals surface area contributed by atoms with E-state index in [2.05, 4.69) is 0 Å². The van der Waals surface area contributed by atoms with Crippen molar-refractivity contribution in [3.05, 3.63) is 99.4 Å². The maximum atomic E-state index is 13.8. The van der Waals surface area contributed by atoms with Gasteiger partial charge in [0.15, 0.2) is 16.9 Å². The minimum absolute atomic E-state index is 0.0951. The molecule has 3 aromatic carbocycles. The molecule has 4 aromatic rings. The number of hydrogen-bond acceptors (Lipinski definition) is 6. The second kappa shape index (κ2) is 11.0. The maximum Gasteiger partial charge on any atom is 0.290 e. The highest BCUT2D eigenvalue weighted by Gasteiger charge is 2.42. The molecule has 1 aromatic heterocycles. The third-order valence-corrected chi connectivity index (χ3v) is 6.72. The van der Waals surface area contributed by atoms with Crippen LogP contribution >= 0.6 is 0 Å². The second-order valence-corrected chi connectivity index (χ2v) is 9.16. The van der Waals surface area contributed by atoms with Gasteiger partial charge in [0.2, 0.25) is 5.76 Å². The van der Waals surface area contributed by atoms with Gasteiger partial charge in [-0.15, -0.1) is 0 Å². The lowest BCUT2D eigenvalue weighted by Crippen LogP contribution is -2.31. The standard InChI is InChI=1S/C31H31NO6/c1-4-18-37-25-15-12-21(19-26(25)36-5-2)28-27-29(33)23-8-6-7-9-24(23)38-30(27)31(34)32(28)17-16-20-10-13-22(35-3)14-11-20/h6-15,19,28H,4-5,16-18H2,1-3H3. The summed E-state index contributed by atoms with van der Waals surface area (Å²) < 4.78 is 23.1. The number of fused-ring (bicyclic) bond motifs is 2. The smallest absolute Gasteiger partial charge is 0.290 e. The average molecular weight is 514 g/mol. The lowest BCUT2D eigenvalue weighted by molar-refractivity contribution is 0.0729. The quantitative estimate of drug-likeness (QED) is 0.268. The van der Waals surface area contributed by atoms with Gasteiger partial charge in [-0.05, 0) is 67.3 Å². The summed E-state index contributed by atoms with van der Waals surface area (Å²) in [7, 11) is 1.63. The molecule has 1 unspecified atom stereocenters. The Balaban J connectivity index is 1.59. The highest BCUT2D eigenvalue weighted by atomic mass is 16.5. The van der Waals surface area contributed by atoms with Crippen molar-refractivity contribution in [2.24, 2.45) is 0 Å². The van der Waals surface area contributed by atoms with E-state index in [0.29, 0.717) is 54.2 Å². The Labute approximate surface area is 221 Å². The van der Waals surface area contributed by atoms with E-state index in [-0.39, 0.29) is 17.1 Å². The minimum Gasteiger partial charge on any atom is -0.497 e. The summed E-state index contributed by atoms with van der Waals surface area (Å²) in [5, 5.41) is 0.453. The Morgan fingerprint density at radius 2 is 1.71 bits per heavy atom. The molecule has 1 amide bonds. The molecule has 1 aliphatic heterocycles. The maximum absolute atomic E-state index is 13.8. The largest absolute Gasteiger partial charge is 0.497 e. The van der Waals surface area contributed by atoms with Gasteiger partial charge in [-0.3, -0.25) is 9.59 Å². The summed E-state index contributed by atoms with van der Waals surface area (Å²) >= 11 is 0. The summed E-state index contributed by atoms with van der Waals surface area (Å²) in [5.41, 5.74) is 2.38. The summed E-state index contributed by atoms with van der Waals surface area (Å²) in [6.07, 6.45) is 1.47. The second-order valence-electron chi connectivity index (χ2n) is 9.16. The molecule has 2 heterocycles. The molecule has 0 aliphatic carbocycles. The average Bonchev–Trinajstić information content (AvgIpc) is 3.23. The van der Waals surface area contributed by atoms with Crippen LogP contribution in [0, 0.1) is 0 Å². The Kier molecular flexibility index (Phi) is 7.36. The van der Waals surface area contributed by atoms with Crippen LogP contribution in [-0.2, 0) is 6.42 Å². The molecule has 7 heteroatoms. The molecule has 1 atom stereocenters. The third kappa shape index (κ3) is 4.72. The van der Waals surface area contributed by atoms with E-state index in [0.717, 1.165) is 23.3 Å². The van der Waals surface area contributed by atoms with Crippen LogP contribution in [0.5, 0.6) is 17.2 Å². The summed E-state index contributed by atoms with van der Waals surface area (Å²) in [6, 6.07) is 19.8. The Bertz CT molecular complexity index is 1510. The van der Waals surface area contributed by atoms with Crippen LogP contribution in [0.25, 0.3) is 11.0 Å². The minimum atomic E-state index is -0.615. The molecule has 7 nitrogen and oxygen atoms in total. The van der Waals surface area contributed by atoms with Crippen LogP contribution in [0.15, 0.2) is 75.9 Å². The third-order valence-electron chi connectivity index (χ3n) is 6.72. The highest BCUT2D eigenvalue weighted by Crippen LogP contribution is 2.41. The van der Waals surface area contributed by atoms with E-state index in [1.807, 2.05) is 56.3 Å². The molecule has 0 saturated carbocycles. The number of carbonyl (C=O) groups is 1. The molecule has 0 bridgehead atoms. The number of methoxy groups -OCH3 is 1. The fraction of sp³-hybridized carbons (Fsp3) is 0.290. The summed E-state index contributed by atoms with van der Waals surface area (Å²) in [4.78, 5) is 29.2. The predicted octanol–water partition coefficient (Wildman–Crippen LogP) is 5.78. The summed E-state index contributed by atoms with van der Waals surface area (Å²) in [5.74, 6) is 1.78. The number of para-hydroxylation sites is 1. The molecule has 0 fully saturated rings. The van der Waals surface area contributed by atoms with Crippen molar-refractivity contribution in [3.8, 4) is 17.2 Å². The molecule has 1 aliphatic rings. The van der Waals surface area contributed by atoms with E-state index in [1.54, 1.807) is 36.3 Å². The number of carbonyl (C=O) groups excluding carboxylic acids is 1. The molecule has 0 N–H and O–H groups in total. The van der Waals surface area contributed by atoms with Gasteiger partial charge in [0.1, 0.15) is 11.3 Å². The van der Waals surface area contributed by atoms with Gasteiger partial charge >= 0.3 is 0 Å². The normalized spacial score (nSPS) is 14.6. The van der Waals surface area contributed by atoms with Crippen molar-refractivity contribution < 1.29 is 23.4 Å². The predicted molar refractivity (Wildman–Crippen MR) is 145 cm³/mol. The molecular formula is C31H31NO6. The van der Waals surface area contributed by atoms with Crippen molar-refractivity contribution in [1.29, 1.82) is 0 Å². The number of amides is 1. The van der Waals surface area contributed by atoms with Gasteiger partial charge in [0.25, 0.3) is 5.91 Å². The number of benzene rings is 3. The van der Waals surface area contributed by atoms with Crippen molar-refractivity contribution in [2.45, 2.75) is 32.7 Å². The lowest BCUT2D eigenvalue weighted by atomic mass is 9.97. The molecule has 196 valence electrons. The molecular weight excluding hydrogens is 482 g/mol. The first kappa shape index (κ1) is 25.4. The zero-order valence-corrected chi connectivity index (χ0v) is 21.9. The Hall–Kier alpha value is -4.26. The van der Waals surface area contributed by atoms with E-state index in [4.69, 9.17) is 18.6 Å². The first-order valence-electron chi connectivity index (χ1n) is 12.9. The topological polar surface area (TPSA) is 78.2 Å². The molecule has 0 radical (unpaired) electrons. The van der Waals surface area contributed by atoms with Crippen molar-refractivity contribution in [2.75, 3.05) is 26.9 Å². The van der Waals surface area contributed by atoms with Gasteiger partial charge in [-0.1, -0.05) is 37.3 Å². The first-order chi connectivity index (χ1) is 18.5. The zero-order valence-electron chi connectivity index (χ0n) is 21.9. The number of hydrogen-bond donors (Lipinski definition) is 0. The molecule has 5 rings (SSSR count). The van der Waals surface area contributed by atoms with Crippen LogP contribution < -0.4 is 19.6 Å². The fourth-order valence-corrected chi connectivity index (χ4v) is 4.88.